The number of hydrogen-bond acceptors (Lipinski definition) is 20. The SMILES string of the molecule is CC[C@H](C)[C@H](NC(=O)[C@H](CCCCNC(=O)OC(C)(C)C)NC(=O)[C@H](CC(=O)OC(C)(C)C)NC(=O)[C@H](CC(C)C)NC(=O)[C@H](CC(C)C)NC(=O)[C@@H](NC(=O)[C@H](COC(C)(C)C)NC(=O)[C@@H](N)Cc1ccc(OC(C)(C)C)cc1)[C@@H](C)CC)C(=O)N[C@@H](C)C(=O)N[C@@H](CCC(=O)NC(c1ccccc1)(c1ccccc1)c1ccccc1)C(=O)N[C@@H](CCCCN)C(=O)O. The summed E-state index contributed by atoms with van der Waals surface area (Å²) in [5.74, 6) is -13.0. The van der Waals surface area contributed by atoms with E-state index in [0.717, 1.165) is 5.56 Å². The third-order valence-electron chi connectivity index (χ3n) is 20.9. The predicted molar refractivity (Wildman–Crippen MR) is 493 cm³/mol. The molecule has 4 aromatic carbocycles. The topological polar surface area (TPSA) is 493 Å². The molecule has 0 aliphatic rings. The third-order valence-corrected chi connectivity index (χ3v) is 20.9. The molecular formula is C96H148N14O19. The van der Waals surface area contributed by atoms with Crippen molar-refractivity contribution in [2.45, 2.75) is 330 Å². The lowest BCUT2D eigenvalue weighted by atomic mass is 9.77. The van der Waals surface area contributed by atoms with E-state index < -0.39 is 202 Å². The monoisotopic (exact) mass is 1800 g/mol. The Bertz CT molecular complexity index is 4180. The fourth-order valence-corrected chi connectivity index (χ4v) is 13.9. The van der Waals surface area contributed by atoms with Crippen molar-refractivity contribution in [2.75, 3.05) is 19.7 Å². The summed E-state index contributed by atoms with van der Waals surface area (Å²) in [4.78, 5) is 202. The molecule has 0 spiro atoms. The number of benzene rings is 4. The van der Waals surface area contributed by atoms with Gasteiger partial charge in [-0.3, -0.25) is 57.5 Å². The van der Waals surface area contributed by atoms with Crippen LogP contribution in [0, 0.1) is 23.7 Å². The van der Waals surface area contributed by atoms with E-state index in [-0.39, 0.29) is 89.3 Å². The van der Waals surface area contributed by atoms with Crippen molar-refractivity contribution in [3.05, 3.63) is 138 Å². The van der Waals surface area contributed by atoms with Crippen molar-refractivity contribution in [2.24, 2.45) is 35.1 Å². The highest BCUT2D eigenvalue weighted by molar-refractivity contribution is 6.00. The lowest BCUT2D eigenvalue weighted by molar-refractivity contribution is -0.157. The van der Waals surface area contributed by atoms with Crippen LogP contribution in [0.3, 0.4) is 0 Å². The molecule has 13 atom stereocenters. The van der Waals surface area contributed by atoms with Crippen molar-refractivity contribution in [1.82, 2.24) is 63.8 Å². The van der Waals surface area contributed by atoms with Crippen LogP contribution in [-0.4, -0.2) is 197 Å². The van der Waals surface area contributed by atoms with Crippen molar-refractivity contribution < 1.29 is 91.2 Å². The molecule has 0 fully saturated rings. The first-order chi connectivity index (χ1) is 60.3. The first-order valence-corrected chi connectivity index (χ1v) is 45.1. The molecule has 0 saturated carbocycles. The molecule has 33 nitrogen and oxygen atoms in total. The van der Waals surface area contributed by atoms with E-state index in [1.807, 2.05) is 112 Å². The number of ether oxygens (including phenoxy) is 4. The fourth-order valence-electron chi connectivity index (χ4n) is 13.9. The van der Waals surface area contributed by atoms with Gasteiger partial charge in [-0.05, 0) is 219 Å². The maximum atomic E-state index is 15.2. The summed E-state index contributed by atoms with van der Waals surface area (Å²) in [5.41, 5.74) is 10.5. The highest BCUT2D eigenvalue weighted by atomic mass is 16.6. The maximum absolute atomic E-state index is 15.2. The third kappa shape index (κ3) is 39.8. The Hall–Kier alpha value is -11.1. The molecule has 0 radical (unpaired) electrons. The van der Waals surface area contributed by atoms with Gasteiger partial charge in [0.2, 0.25) is 65.0 Å². The van der Waals surface area contributed by atoms with Crippen LogP contribution in [0.2, 0.25) is 0 Å². The maximum Gasteiger partial charge on any atom is 0.407 e. The van der Waals surface area contributed by atoms with Crippen LogP contribution in [0.25, 0.3) is 0 Å². The van der Waals surface area contributed by atoms with Gasteiger partial charge in [0.05, 0.1) is 24.7 Å². The number of carboxylic acids is 1. The number of hydrogen-bond donors (Lipinski definition) is 15. The molecule has 12 amide bonds. The van der Waals surface area contributed by atoms with Crippen molar-refractivity contribution in [3.63, 3.8) is 0 Å². The number of aliphatic carboxylic acids is 1. The molecule has 0 unspecified atom stereocenters. The summed E-state index contributed by atoms with van der Waals surface area (Å²) >= 11 is 0. The van der Waals surface area contributed by atoms with Crippen molar-refractivity contribution in [1.29, 1.82) is 0 Å². The standard InChI is InChI=1S/C96H148N14O19/c1-22-60(7)78(88(121)100-62(9)80(113)101-70(82(115)103-71(90(123)124)44-33-35-51-97)49-50-76(111)110-96(64-37-27-24-28-38-64,65-39-29-25-30-40-65)66-41-31-26-32-42-66)108-83(116)69(43-34-36-52-99-91(125)129-95(19,20)21)102-86(119)74(56-77(112)128-94(16,17)18)105-84(117)72(53-58(3)4)104-85(118)73(54-59(5)6)106-89(122)79(61(8)23-2)109-87(120)75(57-126-92(10,11)12)107-81(114)68(98)55-63-45-47-67(48-46-63)127-93(13,14)15/h24-32,37-42,45-48,58-62,68-75,78-79H,22-23,33-36,43-44,49-57,97-98H2,1-21H3,(H,99,125)(H,100,121)(H,101,113)(H,102,119)(H,103,115)(H,104,118)(H,105,117)(H,106,122)(H,107,114)(H,108,116)(H,109,120)(H,110,111)(H,123,124)/t60-,61-,62-,68-,69-,70-,71-,72-,73-,74-,75-,78-,79-/m0/s1. The van der Waals surface area contributed by atoms with Gasteiger partial charge in [0.25, 0.3) is 0 Å². The summed E-state index contributed by atoms with van der Waals surface area (Å²) in [6, 6.07) is 18.9. The molecule has 0 saturated heterocycles. The molecule has 4 rings (SSSR count). The second-order valence-electron chi connectivity index (χ2n) is 38.0. The van der Waals surface area contributed by atoms with Gasteiger partial charge < -0.3 is 99.3 Å². The average Bonchev–Trinajstić information content (AvgIpc) is 0.752. The summed E-state index contributed by atoms with van der Waals surface area (Å²) in [6.07, 6.45) is -0.848. The van der Waals surface area contributed by atoms with E-state index in [2.05, 4.69) is 63.8 Å². The number of rotatable bonds is 52. The van der Waals surface area contributed by atoms with Crippen LogP contribution in [0.5, 0.6) is 5.75 Å². The molecule has 4 aromatic rings. The zero-order valence-corrected chi connectivity index (χ0v) is 79.6. The Morgan fingerprint density at radius 2 is 0.814 bits per heavy atom. The average molecular weight is 1800 g/mol. The quantitative estimate of drug-likeness (QED) is 0.0113. The fraction of sp³-hybridized carbons (Fsp3) is 0.604. The second-order valence-corrected chi connectivity index (χ2v) is 38.0. The molecule has 0 aliphatic heterocycles. The highest BCUT2D eigenvalue weighted by Crippen LogP contribution is 2.37. The van der Waals surface area contributed by atoms with E-state index >= 15 is 14.4 Å². The van der Waals surface area contributed by atoms with Crippen LogP contribution in [-0.2, 0) is 88.5 Å². The minimum absolute atomic E-state index is 0.0105. The van der Waals surface area contributed by atoms with Gasteiger partial charge in [0.1, 0.15) is 88.5 Å². The molecule has 0 bridgehead atoms. The molecule has 0 heterocycles. The molecule has 129 heavy (non-hydrogen) atoms. The van der Waals surface area contributed by atoms with E-state index in [0.29, 0.717) is 41.7 Å². The lowest BCUT2D eigenvalue weighted by Crippen LogP contribution is -2.62. The Kier molecular flexibility index (Phi) is 44.9. The summed E-state index contributed by atoms with van der Waals surface area (Å²) in [6.45, 7) is 36.2. The zero-order chi connectivity index (χ0) is 96.9. The number of nitrogens with two attached hydrogens (primary N) is 2. The summed E-state index contributed by atoms with van der Waals surface area (Å²) in [5, 5.41) is 43.2. The van der Waals surface area contributed by atoms with Crippen molar-refractivity contribution in [3.8, 4) is 5.75 Å². The van der Waals surface area contributed by atoms with Gasteiger partial charge in [-0.1, -0.05) is 171 Å². The Morgan fingerprint density at radius 1 is 0.411 bits per heavy atom. The van der Waals surface area contributed by atoms with Gasteiger partial charge in [-0.25, -0.2) is 9.59 Å². The summed E-state index contributed by atoms with van der Waals surface area (Å²) in [7, 11) is 0. The molecule has 33 heteroatoms. The summed E-state index contributed by atoms with van der Waals surface area (Å²) < 4.78 is 23.1. The van der Waals surface area contributed by atoms with E-state index in [9.17, 15) is 57.8 Å². The minimum Gasteiger partial charge on any atom is -0.488 e. The zero-order valence-electron chi connectivity index (χ0n) is 79.6. The number of nitrogens with one attached hydrogen (secondary N) is 12. The lowest BCUT2D eigenvalue weighted by Gasteiger charge is -2.37. The Balaban J connectivity index is 1.70. The number of amides is 12. The van der Waals surface area contributed by atoms with E-state index in [1.165, 1.54) is 6.92 Å². The highest BCUT2D eigenvalue weighted by Gasteiger charge is 2.42. The smallest absolute Gasteiger partial charge is 0.407 e. The van der Waals surface area contributed by atoms with Crippen LogP contribution in [0.1, 0.15) is 251 Å². The van der Waals surface area contributed by atoms with Crippen LogP contribution < -0.4 is 80.0 Å². The second kappa shape index (κ2) is 52.6. The number of alkyl carbamates (subject to hydrolysis) is 1. The molecular weight excluding hydrogens is 1650 g/mol. The Labute approximate surface area is 762 Å². The van der Waals surface area contributed by atoms with Gasteiger partial charge in [-0.2, -0.15) is 0 Å². The van der Waals surface area contributed by atoms with Gasteiger partial charge >= 0.3 is 18.0 Å². The van der Waals surface area contributed by atoms with Crippen LogP contribution in [0.4, 0.5) is 4.79 Å². The number of unbranched alkanes of at least 4 members (excludes halogenated alkanes) is 2. The minimum atomic E-state index is -1.84. The number of carboxylic acid groups (broad SMARTS) is 1. The normalized spacial score (nSPS) is 14.9. The van der Waals surface area contributed by atoms with Crippen LogP contribution in [0.15, 0.2) is 115 Å². The van der Waals surface area contributed by atoms with E-state index in [1.54, 1.807) is 142 Å². The van der Waals surface area contributed by atoms with Crippen LogP contribution >= 0.6 is 0 Å². The molecule has 716 valence electrons. The first-order valence-electron chi connectivity index (χ1n) is 45.1. The molecule has 0 aromatic heterocycles. The number of carbonyl (C=O) groups excluding carboxylic acids is 13. The first kappa shape index (κ1) is 110. The van der Waals surface area contributed by atoms with Gasteiger partial charge in [0, 0.05) is 13.0 Å². The molecule has 0 aliphatic carbocycles. The molecule has 17 N–H and O–H groups in total. The number of carbonyl (C=O) groups is 14. The largest absolute Gasteiger partial charge is 0.488 e. The Morgan fingerprint density at radius 3 is 1.27 bits per heavy atom. The van der Waals surface area contributed by atoms with E-state index in [4.69, 9.17) is 30.4 Å². The van der Waals surface area contributed by atoms with Crippen molar-refractivity contribution >= 4 is 83.0 Å². The number of esters is 1. The van der Waals surface area contributed by atoms with Gasteiger partial charge in [0.15, 0.2) is 0 Å². The van der Waals surface area contributed by atoms with Gasteiger partial charge in [-0.15, -0.1) is 0 Å². The predicted octanol–water partition coefficient (Wildman–Crippen LogP) is 8.13.